The molecule has 2 atom stereocenters. The molecular weight excluding hydrogens is 281 g/mol. The van der Waals surface area contributed by atoms with Crippen LogP contribution in [-0.2, 0) is 4.43 Å². The summed E-state index contributed by atoms with van der Waals surface area (Å²) in [6, 6.07) is 7.14. The first-order valence-electron chi connectivity index (χ1n) is 7.81. The second-order valence-electron chi connectivity index (χ2n) is 7.62. The molecule has 0 unspecified atom stereocenters. The molecule has 0 amide bonds. The molecule has 0 spiro atoms. The summed E-state index contributed by atoms with van der Waals surface area (Å²) in [5.74, 6) is 0.482. The van der Waals surface area contributed by atoms with Crippen LogP contribution in [0.5, 0.6) is 0 Å². The van der Waals surface area contributed by atoms with Crippen molar-refractivity contribution in [3.05, 3.63) is 35.6 Å². The molecule has 2 rings (SSSR count). The Kier molecular flexibility index (Phi) is 4.91. The van der Waals surface area contributed by atoms with Gasteiger partial charge in [-0.25, -0.2) is 4.39 Å². The van der Waals surface area contributed by atoms with E-state index < -0.39 is 8.32 Å². The molecule has 0 aliphatic carbocycles. The fourth-order valence-corrected chi connectivity index (χ4v) is 3.64. The van der Waals surface area contributed by atoms with Gasteiger partial charge in [0.05, 0.1) is 0 Å². The Morgan fingerprint density at radius 3 is 2.52 bits per heavy atom. The lowest BCUT2D eigenvalue weighted by Gasteiger charge is -2.37. The van der Waals surface area contributed by atoms with Crippen LogP contribution >= 0.6 is 0 Å². The maximum atomic E-state index is 14.0. The quantitative estimate of drug-likeness (QED) is 0.844. The van der Waals surface area contributed by atoms with E-state index in [0.29, 0.717) is 5.92 Å². The SMILES string of the molecule is CC(C)(C)[Si](C)(C)OC[C@H]1CNC[C@@H]1c1ccccc1F. The summed E-state index contributed by atoms with van der Waals surface area (Å²) < 4.78 is 20.4. The molecule has 1 aromatic carbocycles. The first-order chi connectivity index (χ1) is 9.72. The molecule has 0 aromatic heterocycles. The third-order valence-electron chi connectivity index (χ3n) is 5.11. The predicted octanol–water partition coefficient (Wildman–Crippen LogP) is 4.15. The zero-order valence-electron chi connectivity index (χ0n) is 13.9. The fourth-order valence-electron chi connectivity index (χ4n) is 2.58. The van der Waals surface area contributed by atoms with Gasteiger partial charge >= 0.3 is 0 Å². The second-order valence-corrected chi connectivity index (χ2v) is 12.4. The molecule has 1 aromatic rings. The van der Waals surface area contributed by atoms with Crippen molar-refractivity contribution in [3.63, 3.8) is 0 Å². The molecular formula is C17H28FNOSi. The van der Waals surface area contributed by atoms with Gasteiger partial charge in [0.2, 0.25) is 0 Å². The summed E-state index contributed by atoms with van der Waals surface area (Å²) >= 11 is 0. The van der Waals surface area contributed by atoms with Gasteiger partial charge in [-0.05, 0) is 29.8 Å². The van der Waals surface area contributed by atoms with Gasteiger partial charge in [0.15, 0.2) is 8.32 Å². The van der Waals surface area contributed by atoms with Gasteiger partial charge in [0, 0.05) is 31.5 Å². The predicted molar refractivity (Wildman–Crippen MR) is 88.6 cm³/mol. The summed E-state index contributed by atoms with van der Waals surface area (Å²) in [5, 5.41) is 3.61. The molecule has 1 aliphatic rings. The van der Waals surface area contributed by atoms with E-state index in [1.165, 1.54) is 0 Å². The molecule has 0 saturated carbocycles. The van der Waals surface area contributed by atoms with E-state index in [4.69, 9.17) is 4.43 Å². The monoisotopic (exact) mass is 309 g/mol. The molecule has 1 fully saturated rings. The molecule has 21 heavy (non-hydrogen) atoms. The maximum Gasteiger partial charge on any atom is 0.191 e. The number of benzene rings is 1. The smallest absolute Gasteiger partial charge is 0.191 e. The first-order valence-corrected chi connectivity index (χ1v) is 10.7. The third-order valence-corrected chi connectivity index (χ3v) is 9.61. The van der Waals surface area contributed by atoms with Crippen LogP contribution in [0.25, 0.3) is 0 Å². The fraction of sp³-hybridized carbons (Fsp3) is 0.647. The Morgan fingerprint density at radius 1 is 1.24 bits per heavy atom. The molecule has 4 heteroatoms. The number of halogens is 1. The average Bonchev–Trinajstić information content (AvgIpc) is 2.84. The minimum Gasteiger partial charge on any atom is -0.416 e. The van der Waals surface area contributed by atoms with Crippen LogP contribution in [0.1, 0.15) is 32.3 Å². The highest BCUT2D eigenvalue weighted by Crippen LogP contribution is 2.38. The van der Waals surface area contributed by atoms with E-state index in [-0.39, 0.29) is 16.8 Å². The lowest BCUT2D eigenvalue weighted by atomic mass is 9.89. The highest BCUT2D eigenvalue weighted by atomic mass is 28.4. The molecule has 1 saturated heterocycles. The van der Waals surface area contributed by atoms with Gasteiger partial charge < -0.3 is 9.74 Å². The van der Waals surface area contributed by atoms with E-state index in [1.807, 2.05) is 12.1 Å². The Labute approximate surface area is 129 Å². The van der Waals surface area contributed by atoms with Crippen molar-refractivity contribution in [1.82, 2.24) is 5.32 Å². The number of rotatable bonds is 4. The molecule has 2 nitrogen and oxygen atoms in total. The molecule has 1 aliphatic heterocycles. The van der Waals surface area contributed by atoms with E-state index in [9.17, 15) is 4.39 Å². The third kappa shape index (κ3) is 3.73. The van der Waals surface area contributed by atoms with Crippen molar-refractivity contribution in [2.45, 2.75) is 44.8 Å². The minimum atomic E-state index is -1.74. The van der Waals surface area contributed by atoms with Crippen LogP contribution in [0.4, 0.5) is 4.39 Å². The largest absolute Gasteiger partial charge is 0.416 e. The van der Waals surface area contributed by atoms with Crippen molar-refractivity contribution < 1.29 is 8.82 Å². The first kappa shape index (κ1) is 16.7. The lowest BCUT2D eigenvalue weighted by molar-refractivity contribution is 0.226. The van der Waals surface area contributed by atoms with Crippen molar-refractivity contribution in [3.8, 4) is 0 Å². The van der Waals surface area contributed by atoms with Crippen molar-refractivity contribution in [2.24, 2.45) is 5.92 Å². The van der Waals surface area contributed by atoms with Gasteiger partial charge in [-0.2, -0.15) is 0 Å². The average molecular weight is 310 g/mol. The van der Waals surface area contributed by atoms with E-state index in [2.05, 4.69) is 39.2 Å². The minimum absolute atomic E-state index is 0.0940. The normalized spacial score (nSPS) is 23.5. The molecule has 1 heterocycles. The summed E-state index contributed by atoms with van der Waals surface area (Å²) in [6.45, 7) is 13.8. The molecule has 0 radical (unpaired) electrons. The Balaban J connectivity index is 2.05. The van der Waals surface area contributed by atoms with Crippen molar-refractivity contribution in [2.75, 3.05) is 19.7 Å². The zero-order valence-corrected chi connectivity index (χ0v) is 14.9. The highest BCUT2D eigenvalue weighted by molar-refractivity contribution is 6.74. The van der Waals surface area contributed by atoms with Crippen LogP contribution in [0.3, 0.4) is 0 Å². The number of hydrogen-bond acceptors (Lipinski definition) is 2. The van der Waals surface area contributed by atoms with Gasteiger partial charge in [-0.3, -0.25) is 0 Å². The Bertz CT molecular complexity index is 484. The van der Waals surface area contributed by atoms with Crippen LogP contribution in [-0.4, -0.2) is 28.0 Å². The lowest BCUT2D eigenvalue weighted by Crippen LogP contribution is -2.42. The van der Waals surface area contributed by atoms with Crippen LogP contribution in [0, 0.1) is 11.7 Å². The van der Waals surface area contributed by atoms with Crippen LogP contribution < -0.4 is 5.32 Å². The van der Waals surface area contributed by atoms with Crippen molar-refractivity contribution >= 4 is 8.32 Å². The molecule has 1 N–H and O–H groups in total. The van der Waals surface area contributed by atoms with Gasteiger partial charge in [0.25, 0.3) is 0 Å². The van der Waals surface area contributed by atoms with Crippen LogP contribution in [0.15, 0.2) is 24.3 Å². The summed E-state index contributed by atoms with van der Waals surface area (Å²) in [4.78, 5) is 0. The van der Waals surface area contributed by atoms with Crippen LogP contribution in [0.2, 0.25) is 18.1 Å². The Morgan fingerprint density at radius 2 is 1.90 bits per heavy atom. The van der Waals surface area contributed by atoms with E-state index >= 15 is 0 Å². The van der Waals surface area contributed by atoms with Crippen molar-refractivity contribution in [1.29, 1.82) is 0 Å². The molecule has 0 bridgehead atoms. The van der Waals surface area contributed by atoms with E-state index in [0.717, 1.165) is 25.3 Å². The zero-order chi connectivity index (χ0) is 15.7. The van der Waals surface area contributed by atoms with Gasteiger partial charge in [-0.1, -0.05) is 39.0 Å². The van der Waals surface area contributed by atoms with Gasteiger partial charge in [-0.15, -0.1) is 0 Å². The Hall–Kier alpha value is -0.713. The summed E-state index contributed by atoms with van der Waals surface area (Å²) in [5.41, 5.74) is 0.825. The highest BCUT2D eigenvalue weighted by Gasteiger charge is 2.39. The standard InChI is InChI=1S/C17H28FNOSi/c1-17(2,3)21(4,5)20-12-13-10-19-11-15(13)14-8-6-7-9-16(14)18/h6-9,13,15,19H,10-12H2,1-5H3/t13-,15+/m1/s1. The topological polar surface area (TPSA) is 21.3 Å². The second kappa shape index (κ2) is 6.19. The van der Waals surface area contributed by atoms with E-state index in [1.54, 1.807) is 12.1 Å². The molecule has 118 valence electrons. The number of hydrogen-bond donors (Lipinski definition) is 1. The summed E-state index contributed by atoms with van der Waals surface area (Å²) in [7, 11) is -1.74. The summed E-state index contributed by atoms with van der Waals surface area (Å²) in [6.07, 6.45) is 0. The maximum absolute atomic E-state index is 14.0. The number of nitrogens with one attached hydrogen (secondary N) is 1. The van der Waals surface area contributed by atoms with Gasteiger partial charge in [0.1, 0.15) is 5.82 Å².